The van der Waals surface area contributed by atoms with Gasteiger partial charge in [-0.15, -0.1) is 0 Å². The minimum Gasteiger partial charge on any atom is -0.393 e. The molecule has 1 aromatic heterocycles. The van der Waals surface area contributed by atoms with E-state index < -0.39 is 24.4 Å². The zero-order valence-electron chi connectivity index (χ0n) is 16.7. The van der Waals surface area contributed by atoms with Crippen molar-refractivity contribution < 1.29 is 24.8 Å². The number of hydrogen-bond donors (Lipinski definition) is 4. The van der Waals surface area contributed by atoms with Crippen molar-refractivity contribution in [2.24, 2.45) is 11.8 Å². The zero-order chi connectivity index (χ0) is 20.5. The van der Waals surface area contributed by atoms with E-state index in [0.29, 0.717) is 31.1 Å². The SMILES string of the molecule is C[C@H]([C@@H]1O[C@H]1C[C@H]1CO[C@@H](Cc2n[nH]c(-c3ccccc3)n2)[C@H](O)[C@@H]1O)[C@H](C)O. The summed E-state index contributed by atoms with van der Waals surface area (Å²) in [6.45, 7) is 4.05. The Morgan fingerprint density at radius 1 is 1.14 bits per heavy atom. The van der Waals surface area contributed by atoms with E-state index in [0.717, 1.165) is 5.56 Å². The Kier molecular flexibility index (Phi) is 5.98. The number of nitrogens with zero attached hydrogens (tertiary/aromatic N) is 2. The standard InChI is InChI=1S/C21H29N3O5/c1-11(12(2)25)20-16(29-20)8-14-10-28-15(19(27)18(14)26)9-17-22-21(24-23-17)13-6-4-3-5-7-13/h3-7,11-12,14-16,18-20,25-27H,8-10H2,1-2H3,(H,22,23,24)/t11-,12-,14-,15-,16-,18+,19-,20-/m0/s1. The maximum atomic E-state index is 10.6. The van der Waals surface area contributed by atoms with Crippen molar-refractivity contribution >= 4 is 0 Å². The van der Waals surface area contributed by atoms with Crippen molar-refractivity contribution in [3.05, 3.63) is 36.2 Å². The summed E-state index contributed by atoms with van der Waals surface area (Å²) in [6, 6.07) is 9.67. The maximum absolute atomic E-state index is 10.6. The first-order chi connectivity index (χ1) is 13.9. The molecule has 0 amide bonds. The van der Waals surface area contributed by atoms with Gasteiger partial charge < -0.3 is 24.8 Å². The molecule has 8 nitrogen and oxygen atoms in total. The van der Waals surface area contributed by atoms with E-state index in [1.165, 1.54) is 0 Å². The molecular weight excluding hydrogens is 374 g/mol. The molecule has 0 spiro atoms. The highest BCUT2D eigenvalue weighted by Crippen LogP contribution is 2.38. The van der Waals surface area contributed by atoms with Gasteiger partial charge in [-0.05, 0) is 13.3 Å². The van der Waals surface area contributed by atoms with Crippen molar-refractivity contribution in [3.8, 4) is 11.4 Å². The number of nitrogens with one attached hydrogen (secondary N) is 1. The zero-order valence-corrected chi connectivity index (χ0v) is 16.7. The van der Waals surface area contributed by atoms with Crippen molar-refractivity contribution in [2.75, 3.05) is 6.61 Å². The van der Waals surface area contributed by atoms with Crippen LogP contribution in [0.25, 0.3) is 11.4 Å². The highest BCUT2D eigenvalue weighted by molar-refractivity contribution is 5.53. The second kappa shape index (κ2) is 8.49. The van der Waals surface area contributed by atoms with E-state index in [-0.39, 0.29) is 24.0 Å². The molecule has 2 aromatic rings. The van der Waals surface area contributed by atoms with Crippen LogP contribution in [0.3, 0.4) is 0 Å². The number of benzene rings is 1. The van der Waals surface area contributed by atoms with Crippen molar-refractivity contribution in [2.45, 2.75) is 63.3 Å². The van der Waals surface area contributed by atoms with Gasteiger partial charge >= 0.3 is 0 Å². The molecule has 29 heavy (non-hydrogen) atoms. The van der Waals surface area contributed by atoms with E-state index in [1.54, 1.807) is 6.92 Å². The van der Waals surface area contributed by atoms with Gasteiger partial charge in [-0.25, -0.2) is 4.98 Å². The fraction of sp³-hybridized carbons (Fsp3) is 0.619. The first-order valence-electron chi connectivity index (χ1n) is 10.2. The van der Waals surface area contributed by atoms with Gasteiger partial charge in [-0.1, -0.05) is 37.3 Å². The molecule has 4 rings (SSSR count). The number of hydrogen-bond acceptors (Lipinski definition) is 7. The van der Waals surface area contributed by atoms with Gasteiger partial charge in [-0.3, -0.25) is 5.10 Å². The summed E-state index contributed by atoms with van der Waals surface area (Å²) in [4.78, 5) is 4.47. The Hall–Kier alpha value is -1.84. The summed E-state index contributed by atoms with van der Waals surface area (Å²) in [5, 5.41) is 38.0. The van der Waals surface area contributed by atoms with Crippen LogP contribution < -0.4 is 0 Å². The molecule has 2 fully saturated rings. The first kappa shape index (κ1) is 20.4. The van der Waals surface area contributed by atoms with Crippen LogP contribution in [-0.4, -0.2) is 73.7 Å². The average molecular weight is 403 g/mol. The molecule has 1 aromatic carbocycles. The molecule has 158 valence electrons. The lowest BCUT2D eigenvalue weighted by Crippen LogP contribution is -2.51. The highest BCUT2D eigenvalue weighted by atomic mass is 16.6. The van der Waals surface area contributed by atoms with Gasteiger partial charge in [0.1, 0.15) is 6.10 Å². The number of ether oxygens (including phenoxy) is 2. The number of epoxide rings is 1. The van der Waals surface area contributed by atoms with E-state index >= 15 is 0 Å². The minimum atomic E-state index is -1.01. The van der Waals surface area contributed by atoms with Crippen molar-refractivity contribution in [1.82, 2.24) is 15.2 Å². The summed E-state index contributed by atoms with van der Waals surface area (Å²) in [5.41, 5.74) is 0.932. The lowest BCUT2D eigenvalue weighted by molar-refractivity contribution is -0.165. The lowest BCUT2D eigenvalue weighted by atomic mass is 9.86. The van der Waals surface area contributed by atoms with E-state index in [4.69, 9.17) is 9.47 Å². The molecule has 4 N–H and O–H groups in total. The second-order valence-electron chi connectivity index (χ2n) is 8.26. The van der Waals surface area contributed by atoms with Crippen LogP contribution in [-0.2, 0) is 15.9 Å². The maximum Gasteiger partial charge on any atom is 0.155 e. The van der Waals surface area contributed by atoms with Gasteiger partial charge in [0.25, 0.3) is 0 Å². The van der Waals surface area contributed by atoms with E-state index in [2.05, 4.69) is 15.2 Å². The molecule has 8 atom stereocenters. The summed E-state index contributed by atoms with van der Waals surface area (Å²) in [6.07, 6.45) is -1.99. The molecular formula is C21H29N3O5. The van der Waals surface area contributed by atoms with Gasteiger partial charge in [-0.2, -0.15) is 5.10 Å². The van der Waals surface area contributed by atoms with Gasteiger partial charge in [0.15, 0.2) is 11.6 Å². The van der Waals surface area contributed by atoms with Crippen LogP contribution in [0.15, 0.2) is 30.3 Å². The predicted octanol–water partition coefficient (Wildman–Crippen LogP) is 0.925. The Labute approximate surface area is 169 Å². The molecule has 8 heteroatoms. The van der Waals surface area contributed by atoms with Crippen LogP contribution in [0.2, 0.25) is 0 Å². The topological polar surface area (TPSA) is 124 Å². The molecule has 2 aliphatic heterocycles. The number of H-pyrrole nitrogens is 1. The highest BCUT2D eigenvalue weighted by Gasteiger charge is 2.48. The lowest BCUT2D eigenvalue weighted by Gasteiger charge is -2.37. The average Bonchev–Trinajstić information content (AvgIpc) is 3.33. The molecule has 3 heterocycles. The van der Waals surface area contributed by atoms with Crippen LogP contribution >= 0.6 is 0 Å². The van der Waals surface area contributed by atoms with E-state index in [9.17, 15) is 15.3 Å². The third kappa shape index (κ3) is 4.51. The molecule has 0 radical (unpaired) electrons. The van der Waals surface area contributed by atoms with Crippen LogP contribution in [0.5, 0.6) is 0 Å². The Morgan fingerprint density at radius 2 is 1.90 bits per heavy atom. The molecule has 2 saturated heterocycles. The van der Waals surface area contributed by atoms with Crippen LogP contribution in [0, 0.1) is 11.8 Å². The minimum absolute atomic E-state index is 0.00160. The normalized spacial score (nSPS) is 34.0. The quantitative estimate of drug-likeness (QED) is 0.507. The summed E-state index contributed by atoms with van der Waals surface area (Å²) >= 11 is 0. The second-order valence-corrected chi connectivity index (χ2v) is 8.26. The number of aliphatic hydroxyl groups excluding tert-OH is 3. The fourth-order valence-corrected chi connectivity index (χ4v) is 4.00. The molecule has 0 saturated carbocycles. The first-order valence-corrected chi connectivity index (χ1v) is 10.2. The van der Waals surface area contributed by atoms with Crippen LogP contribution in [0.4, 0.5) is 0 Å². The Morgan fingerprint density at radius 3 is 2.62 bits per heavy atom. The molecule has 0 unspecified atom stereocenters. The number of rotatable bonds is 7. The van der Waals surface area contributed by atoms with Crippen molar-refractivity contribution in [3.63, 3.8) is 0 Å². The summed E-state index contributed by atoms with van der Waals surface area (Å²) < 4.78 is 11.5. The third-order valence-corrected chi connectivity index (χ3v) is 6.14. The smallest absolute Gasteiger partial charge is 0.155 e. The Balaban J connectivity index is 1.31. The Bertz CT molecular complexity index is 799. The fourth-order valence-electron chi connectivity index (χ4n) is 4.00. The molecule has 2 aliphatic rings. The number of aliphatic hydroxyl groups is 3. The molecule has 0 aliphatic carbocycles. The molecule has 0 bridgehead atoms. The monoisotopic (exact) mass is 403 g/mol. The van der Waals surface area contributed by atoms with E-state index in [1.807, 2.05) is 37.3 Å². The van der Waals surface area contributed by atoms with Crippen LogP contribution in [0.1, 0.15) is 26.1 Å². The van der Waals surface area contributed by atoms with Gasteiger partial charge in [0.05, 0.1) is 37.1 Å². The number of aromatic amines is 1. The predicted molar refractivity (Wildman–Crippen MR) is 105 cm³/mol. The van der Waals surface area contributed by atoms with Gasteiger partial charge in [0.2, 0.25) is 0 Å². The number of aromatic nitrogens is 3. The third-order valence-electron chi connectivity index (χ3n) is 6.14. The largest absolute Gasteiger partial charge is 0.393 e. The van der Waals surface area contributed by atoms with Crippen molar-refractivity contribution in [1.29, 1.82) is 0 Å². The van der Waals surface area contributed by atoms with Gasteiger partial charge in [0, 0.05) is 23.8 Å². The summed E-state index contributed by atoms with van der Waals surface area (Å²) in [5.74, 6) is 1.04. The summed E-state index contributed by atoms with van der Waals surface area (Å²) in [7, 11) is 0.